The summed E-state index contributed by atoms with van der Waals surface area (Å²) in [6.07, 6.45) is -1.40. The van der Waals surface area contributed by atoms with E-state index in [0.29, 0.717) is 58.4 Å². The molecule has 0 rings (SSSR count). The maximum Gasteiger partial charge on any atom is 0.333 e. The normalized spacial score (nSPS) is 18.4. The highest BCUT2D eigenvalue weighted by atomic mass is 16.6. The minimum Gasteiger partial charge on any atom is -0.460 e. The Morgan fingerprint density at radius 3 is 0.905 bits per heavy atom. The number of hydrogen-bond acceptors (Lipinski definition) is 11. The van der Waals surface area contributed by atoms with E-state index >= 15 is 0 Å². The summed E-state index contributed by atoms with van der Waals surface area (Å²) in [4.78, 5) is 11.5. The van der Waals surface area contributed by atoms with E-state index in [1.54, 1.807) is 13.8 Å². The zero-order chi connectivity index (χ0) is 32.1. The molecule has 250 valence electrons. The molecule has 0 bridgehead atoms. The number of carbonyl (C=O) groups excluding carboxylic acids is 1. The van der Waals surface area contributed by atoms with Gasteiger partial charge >= 0.3 is 5.97 Å². The fourth-order valence-corrected chi connectivity index (χ4v) is 3.10. The number of hydrogen-bond donors (Lipinski definition) is 1. The molecule has 42 heavy (non-hydrogen) atoms. The van der Waals surface area contributed by atoms with E-state index in [0.717, 1.165) is 0 Å². The Kier molecular flexibility index (Phi) is 23.5. The van der Waals surface area contributed by atoms with Crippen molar-refractivity contribution in [2.75, 3.05) is 59.5 Å². The second kappa shape index (κ2) is 24.2. The van der Waals surface area contributed by atoms with Gasteiger partial charge in [-0.2, -0.15) is 0 Å². The van der Waals surface area contributed by atoms with Crippen molar-refractivity contribution in [2.45, 2.75) is 124 Å². The van der Waals surface area contributed by atoms with Gasteiger partial charge in [-0.25, -0.2) is 4.79 Å². The standard InChI is InChI=1S/C31H60O11/c1-21(2)31(33)42-20-30(11)41-19-29(10)40-18-28(9)39-17-27(8)38-16-26(7)37-15-25(6)36-14-24(5)35-13-23(4)34-12-22(3)32/h22-30,32H,1,12-20H2,2-11H3. The van der Waals surface area contributed by atoms with Gasteiger partial charge in [0, 0.05) is 5.57 Å². The summed E-state index contributed by atoms with van der Waals surface area (Å²) in [7, 11) is 0. The molecule has 0 saturated heterocycles. The van der Waals surface area contributed by atoms with Crippen LogP contribution < -0.4 is 0 Å². The van der Waals surface area contributed by atoms with Gasteiger partial charge in [-0.1, -0.05) is 6.58 Å². The molecule has 0 aliphatic heterocycles. The number of aliphatic hydroxyl groups excluding tert-OH is 1. The minimum absolute atomic E-state index is 0.0790. The topological polar surface area (TPSA) is 120 Å². The summed E-state index contributed by atoms with van der Waals surface area (Å²) in [6, 6.07) is 0. The van der Waals surface area contributed by atoms with Gasteiger partial charge in [0.2, 0.25) is 0 Å². The van der Waals surface area contributed by atoms with Crippen LogP contribution >= 0.6 is 0 Å². The highest BCUT2D eigenvalue weighted by Crippen LogP contribution is 2.06. The van der Waals surface area contributed by atoms with Gasteiger partial charge in [-0.3, -0.25) is 0 Å². The van der Waals surface area contributed by atoms with Crippen molar-refractivity contribution in [1.82, 2.24) is 0 Å². The molecule has 0 radical (unpaired) electrons. The lowest BCUT2D eigenvalue weighted by Gasteiger charge is -2.23. The number of carbonyl (C=O) groups is 1. The molecule has 0 amide bonds. The zero-order valence-electron chi connectivity index (χ0n) is 27.8. The average molecular weight is 609 g/mol. The van der Waals surface area contributed by atoms with Gasteiger partial charge in [0.15, 0.2) is 0 Å². The first kappa shape index (κ1) is 40.9. The Hall–Kier alpha value is -1.15. The quantitative estimate of drug-likeness (QED) is 0.109. The van der Waals surface area contributed by atoms with Crippen LogP contribution in [0.2, 0.25) is 0 Å². The van der Waals surface area contributed by atoms with Crippen molar-refractivity contribution in [3.63, 3.8) is 0 Å². The van der Waals surface area contributed by atoms with Gasteiger partial charge in [0.05, 0.1) is 108 Å². The van der Waals surface area contributed by atoms with Gasteiger partial charge in [0.1, 0.15) is 6.61 Å². The Bertz CT molecular complexity index is 690. The van der Waals surface area contributed by atoms with Crippen LogP contribution in [-0.4, -0.2) is 125 Å². The van der Waals surface area contributed by atoms with Gasteiger partial charge in [-0.15, -0.1) is 0 Å². The van der Waals surface area contributed by atoms with E-state index in [1.807, 2.05) is 55.4 Å². The minimum atomic E-state index is -0.488. The van der Waals surface area contributed by atoms with Crippen LogP contribution in [-0.2, 0) is 47.4 Å². The SMILES string of the molecule is C=C(C)C(=O)OCC(C)OCC(C)OCC(C)OCC(C)OCC(C)OCC(C)OCC(C)OCC(C)OCC(C)O. The van der Waals surface area contributed by atoms with Crippen molar-refractivity contribution in [3.05, 3.63) is 12.2 Å². The Balaban J connectivity index is 3.91. The third-order valence-corrected chi connectivity index (χ3v) is 5.73. The molecule has 0 aliphatic carbocycles. The van der Waals surface area contributed by atoms with Crippen LogP contribution in [0, 0.1) is 0 Å². The van der Waals surface area contributed by atoms with E-state index in [2.05, 4.69) is 6.58 Å². The summed E-state index contributed by atoms with van der Waals surface area (Å²) in [5.74, 6) is -0.420. The predicted octanol–water partition coefficient (Wildman–Crippen LogP) is 3.73. The van der Waals surface area contributed by atoms with Gasteiger partial charge < -0.3 is 47.7 Å². The van der Waals surface area contributed by atoms with Crippen LogP contribution in [0.5, 0.6) is 0 Å². The summed E-state index contributed by atoms with van der Waals surface area (Å²) >= 11 is 0. The monoisotopic (exact) mass is 608 g/mol. The Labute approximate surface area is 254 Å². The number of esters is 1. The van der Waals surface area contributed by atoms with Crippen molar-refractivity contribution >= 4 is 5.97 Å². The van der Waals surface area contributed by atoms with Gasteiger partial charge in [0.25, 0.3) is 0 Å². The van der Waals surface area contributed by atoms with Crippen LogP contribution in [0.25, 0.3) is 0 Å². The number of rotatable bonds is 27. The second-order valence-electron chi connectivity index (χ2n) is 11.4. The summed E-state index contributed by atoms with van der Waals surface area (Å²) < 4.78 is 51.3. The van der Waals surface area contributed by atoms with Crippen LogP contribution in [0.4, 0.5) is 0 Å². The first-order valence-electron chi connectivity index (χ1n) is 15.1. The molecule has 11 nitrogen and oxygen atoms in total. The fourth-order valence-electron chi connectivity index (χ4n) is 3.10. The van der Waals surface area contributed by atoms with E-state index in [9.17, 15) is 9.90 Å². The molecule has 0 aromatic rings. The molecule has 0 aromatic heterocycles. The predicted molar refractivity (Wildman–Crippen MR) is 161 cm³/mol. The third-order valence-electron chi connectivity index (χ3n) is 5.73. The summed E-state index contributed by atoms with van der Waals surface area (Å²) in [6.45, 7) is 25.8. The lowest BCUT2D eigenvalue weighted by atomic mass is 10.3. The molecule has 1 N–H and O–H groups in total. The Morgan fingerprint density at radius 1 is 0.476 bits per heavy atom. The highest BCUT2D eigenvalue weighted by Gasteiger charge is 2.15. The molecular weight excluding hydrogens is 548 g/mol. The van der Waals surface area contributed by atoms with E-state index in [-0.39, 0.29) is 55.4 Å². The highest BCUT2D eigenvalue weighted by molar-refractivity contribution is 5.86. The Morgan fingerprint density at radius 2 is 0.690 bits per heavy atom. The molecule has 9 unspecified atom stereocenters. The largest absolute Gasteiger partial charge is 0.460 e. The fraction of sp³-hybridized carbons (Fsp3) is 0.903. The van der Waals surface area contributed by atoms with Crippen molar-refractivity contribution in [3.8, 4) is 0 Å². The van der Waals surface area contributed by atoms with E-state index < -0.39 is 12.1 Å². The first-order chi connectivity index (χ1) is 19.7. The number of ether oxygens (including phenoxy) is 9. The molecule has 0 aromatic carbocycles. The van der Waals surface area contributed by atoms with E-state index in [1.165, 1.54) is 0 Å². The molecule has 0 aliphatic rings. The van der Waals surface area contributed by atoms with E-state index in [4.69, 9.17) is 42.6 Å². The molecule has 11 heteroatoms. The maximum atomic E-state index is 11.5. The summed E-state index contributed by atoms with van der Waals surface area (Å²) in [5.41, 5.74) is 0.363. The summed E-state index contributed by atoms with van der Waals surface area (Å²) in [5, 5.41) is 9.28. The molecular formula is C31H60O11. The van der Waals surface area contributed by atoms with Crippen molar-refractivity contribution in [1.29, 1.82) is 0 Å². The lowest BCUT2D eigenvalue weighted by molar-refractivity contribution is -0.144. The molecule has 9 atom stereocenters. The molecule has 0 spiro atoms. The lowest BCUT2D eigenvalue weighted by Crippen LogP contribution is -2.30. The average Bonchev–Trinajstić information content (AvgIpc) is 2.94. The molecule has 0 heterocycles. The van der Waals surface area contributed by atoms with Crippen molar-refractivity contribution < 1.29 is 52.5 Å². The van der Waals surface area contributed by atoms with Crippen LogP contribution in [0.1, 0.15) is 69.2 Å². The maximum absolute atomic E-state index is 11.5. The first-order valence-corrected chi connectivity index (χ1v) is 15.1. The third kappa shape index (κ3) is 24.3. The molecule has 0 saturated carbocycles. The zero-order valence-corrected chi connectivity index (χ0v) is 27.8. The number of aliphatic hydroxyl groups is 1. The van der Waals surface area contributed by atoms with Crippen molar-refractivity contribution in [2.24, 2.45) is 0 Å². The van der Waals surface area contributed by atoms with Gasteiger partial charge in [-0.05, 0) is 69.2 Å². The van der Waals surface area contributed by atoms with Crippen LogP contribution in [0.15, 0.2) is 12.2 Å². The smallest absolute Gasteiger partial charge is 0.333 e. The van der Waals surface area contributed by atoms with Crippen LogP contribution in [0.3, 0.4) is 0 Å². The second-order valence-corrected chi connectivity index (χ2v) is 11.4. The molecule has 0 fully saturated rings.